The van der Waals surface area contributed by atoms with Crippen LogP contribution < -0.4 is 15.4 Å². The minimum Gasteiger partial charge on any atom is -0.484 e. The molecule has 2 aromatic rings. The molecule has 0 heterocycles. The lowest BCUT2D eigenvalue weighted by molar-refractivity contribution is -0.122. The molecule has 6 heteroatoms. The minimum absolute atomic E-state index is 0.0215. The summed E-state index contributed by atoms with van der Waals surface area (Å²) < 4.78 is 32.1. The van der Waals surface area contributed by atoms with Gasteiger partial charge in [-0.2, -0.15) is 0 Å². The van der Waals surface area contributed by atoms with Crippen LogP contribution in [0, 0.1) is 11.6 Å². The lowest BCUT2D eigenvalue weighted by Gasteiger charge is -2.15. The van der Waals surface area contributed by atoms with Crippen molar-refractivity contribution in [2.45, 2.75) is 26.4 Å². The second-order valence-electron chi connectivity index (χ2n) is 5.65. The van der Waals surface area contributed by atoms with Crippen molar-refractivity contribution in [3.63, 3.8) is 0 Å². The zero-order valence-electron chi connectivity index (χ0n) is 14.3. The number of nitrogens with one attached hydrogen (secondary N) is 2. The topological polar surface area (TPSA) is 50.4 Å². The highest BCUT2D eigenvalue weighted by atomic mass is 19.1. The van der Waals surface area contributed by atoms with E-state index in [0.717, 1.165) is 11.6 Å². The maximum Gasteiger partial charge on any atom is 0.257 e. The van der Waals surface area contributed by atoms with E-state index in [0.29, 0.717) is 24.4 Å². The number of hydrogen-bond acceptors (Lipinski definition) is 3. The SMILES string of the molecule is CCNC(=O)COc1ccc(CNC(C)c2ccc(F)cc2F)cc1. The minimum atomic E-state index is -0.586. The number of hydrogen-bond donors (Lipinski definition) is 2. The summed E-state index contributed by atoms with van der Waals surface area (Å²) in [5.74, 6) is -0.707. The van der Waals surface area contributed by atoms with Crippen LogP contribution in [-0.2, 0) is 11.3 Å². The smallest absolute Gasteiger partial charge is 0.257 e. The normalized spacial score (nSPS) is 11.8. The summed E-state index contributed by atoms with van der Waals surface area (Å²) in [4.78, 5) is 11.3. The van der Waals surface area contributed by atoms with Gasteiger partial charge in [0.05, 0.1) is 0 Å². The van der Waals surface area contributed by atoms with Gasteiger partial charge in [0.15, 0.2) is 6.61 Å². The highest BCUT2D eigenvalue weighted by Crippen LogP contribution is 2.19. The first kappa shape index (κ1) is 18.9. The van der Waals surface area contributed by atoms with E-state index in [4.69, 9.17) is 4.74 Å². The number of carbonyl (C=O) groups is 1. The Morgan fingerprint density at radius 2 is 1.88 bits per heavy atom. The number of benzene rings is 2. The Bertz CT molecular complexity index is 705. The van der Waals surface area contributed by atoms with E-state index in [9.17, 15) is 13.6 Å². The van der Waals surface area contributed by atoms with Crippen LogP contribution in [-0.4, -0.2) is 19.1 Å². The molecule has 2 aromatic carbocycles. The van der Waals surface area contributed by atoms with Crippen molar-refractivity contribution in [2.24, 2.45) is 0 Å². The zero-order valence-corrected chi connectivity index (χ0v) is 14.3. The van der Waals surface area contributed by atoms with Crippen LogP contribution in [0.25, 0.3) is 0 Å². The van der Waals surface area contributed by atoms with Gasteiger partial charge < -0.3 is 15.4 Å². The third-order valence-corrected chi connectivity index (χ3v) is 3.71. The molecule has 0 saturated carbocycles. The van der Waals surface area contributed by atoms with Crippen molar-refractivity contribution in [3.8, 4) is 5.75 Å². The number of rotatable bonds is 8. The molecule has 0 spiro atoms. The number of amides is 1. The van der Waals surface area contributed by atoms with Gasteiger partial charge in [0.1, 0.15) is 17.4 Å². The van der Waals surface area contributed by atoms with E-state index in [1.807, 2.05) is 26.0 Å². The first-order chi connectivity index (χ1) is 12.0. The highest BCUT2D eigenvalue weighted by Gasteiger charge is 2.11. The molecule has 4 nitrogen and oxygen atoms in total. The lowest BCUT2D eigenvalue weighted by atomic mass is 10.1. The van der Waals surface area contributed by atoms with E-state index in [1.165, 1.54) is 12.1 Å². The standard InChI is InChI=1S/C19H22F2N2O2/c1-3-22-19(24)12-25-16-7-4-14(5-8-16)11-23-13(2)17-9-6-15(20)10-18(17)21/h4-10,13,23H,3,11-12H2,1-2H3,(H,22,24). The Hall–Kier alpha value is -2.47. The average Bonchev–Trinajstić information content (AvgIpc) is 2.59. The van der Waals surface area contributed by atoms with Gasteiger partial charge in [-0.25, -0.2) is 8.78 Å². The van der Waals surface area contributed by atoms with Crippen LogP contribution in [0.5, 0.6) is 5.75 Å². The van der Waals surface area contributed by atoms with Crippen LogP contribution in [0.3, 0.4) is 0 Å². The molecule has 0 aliphatic rings. The summed E-state index contributed by atoms with van der Waals surface area (Å²) in [7, 11) is 0. The maximum absolute atomic E-state index is 13.8. The molecule has 2 rings (SSSR count). The summed E-state index contributed by atoms with van der Waals surface area (Å²) >= 11 is 0. The van der Waals surface area contributed by atoms with Gasteiger partial charge in [0.25, 0.3) is 5.91 Å². The van der Waals surface area contributed by atoms with Crippen LogP contribution >= 0.6 is 0 Å². The first-order valence-electron chi connectivity index (χ1n) is 8.16. The summed E-state index contributed by atoms with van der Waals surface area (Å²) in [6.07, 6.45) is 0. The predicted molar refractivity (Wildman–Crippen MR) is 92.2 cm³/mol. The average molecular weight is 348 g/mol. The Balaban J connectivity index is 1.85. The van der Waals surface area contributed by atoms with Crippen molar-refractivity contribution in [1.29, 1.82) is 0 Å². The van der Waals surface area contributed by atoms with Crippen LogP contribution in [0.1, 0.15) is 31.0 Å². The molecule has 1 atom stereocenters. The quantitative estimate of drug-likeness (QED) is 0.769. The Labute approximate surface area is 146 Å². The molecule has 0 aliphatic carbocycles. The van der Waals surface area contributed by atoms with Gasteiger partial charge in [-0.1, -0.05) is 18.2 Å². The number of ether oxygens (including phenoxy) is 1. The fourth-order valence-electron chi connectivity index (χ4n) is 2.33. The fraction of sp³-hybridized carbons (Fsp3) is 0.316. The Morgan fingerprint density at radius 3 is 2.52 bits per heavy atom. The molecule has 0 radical (unpaired) electrons. The van der Waals surface area contributed by atoms with Gasteiger partial charge in [-0.05, 0) is 37.6 Å². The van der Waals surface area contributed by atoms with Crippen LogP contribution in [0.15, 0.2) is 42.5 Å². The molecular formula is C19H22F2N2O2. The largest absolute Gasteiger partial charge is 0.484 e. The van der Waals surface area contributed by atoms with Crippen molar-refractivity contribution in [1.82, 2.24) is 10.6 Å². The Morgan fingerprint density at radius 1 is 1.16 bits per heavy atom. The molecule has 1 amide bonds. The van der Waals surface area contributed by atoms with E-state index in [-0.39, 0.29) is 18.6 Å². The molecule has 2 N–H and O–H groups in total. The van der Waals surface area contributed by atoms with E-state index in [2.05, 4.69) is 10.6 Å². The monoisotopic (exact) mass is 348 g/mol. The second kappa shape index (κ2) is 9.13. The van der Waals surface area contributed by atoms with Gasteiger partial charge >= 0.3 is 0 Å². The molecule has 25 heavy (non-hydrogen) atoms. The number of carbonyl (C=O) groups excluding carboxylic acids is 1. The van der Waals surface area contributed by atoms with Gasteiger partial charge in [-0.15, -0.1) is 0 Å². The van der Waals surface area contributed by atoms with Crippen LogP contribution in [0.4, 0.5) is 8.78 Å². The third-order valence-electron chi connectivity index (χ3n) is 3.71. The van der Waals surface area contributed by atoms with Gasteiger partial charge in [-0.3, -0.25) is 4.79 Å². The Kier molecular flexibility index (Phi) is 6.89. The second-order valence-corrected chi connectivity index (χ2v) is 5.65. The molecule has 134 valence electrons. The summed E-state index contributed by atoms with van der Waals surface area (Å²) in [6, 6.07) is 10.6. The maximum atomic E-state index is 13.8. The summed E-state index contributed by atoms with van der Waals surface area (Å²) in [5, 5.41) is 5.85. The van der Waals surface area contributed by atoms with Gasteiger partial charge in [0.2, 0.25) is 0 Å². The van der Waals surface area contributed by atoms with Gasteiger partial charge in [0, 0.05) is 30.8 Å². The molecule has 0 bridgehead atoms. The van der Waals surface area contributed by atoms with E-state index >= 15 is 0 Å². The van der Waals surface area contributed by atoms with Crippen molar-refractivity contribution < 1.29 is 18.3 Å². The van der Waals surface area contributed by atoms with E-state index in [1.54, 1.807) is 12.1 Å². The molecule has 0 saturated heterocycles. The molecule has 0 aromatic heterocycles. The number of halogens is 2. The van der Waals surface area contributed by atoms with Crippen molar-refractivity contribution >= 4 is 5.91 Å². The van der Waals surface area contributed by atoms with E-state index < -0.39 is 11.6 Å². The molecular weight excluding hydrogens is 326 g/mol. The van der Waals surface area contributed by atoms with Crippen molar-refractivity contribution in [2.75, 3.05) is 13.2 Å². The van der Waals surface area contributed by atoms with Crippen LogP contribution in [0.2, 0.25) is 0 Å². The fourth-order valence-corrected chi connectivity index (χ4v) is 2.33. The van der Waals surface area contributed by atoms with Crippen molar-refractivity contribution in [3.05, 3.63) is 65.2 Å². The molecule has 1 unspecified atom stereocenters. The molecule has 0 aliphatic heterocycles. The lowest BCUT2D eigenvalue weighted by Crippen LogP contribution is -2.28. The number of likely N-dealkylation sites (N-methyl/N-ethyl adjacent to an activating group) is 1. The summed E-state index contributed by atoms with van der Waals surface area (Å²) in [5.41, 5.74) is 1.41. The first-order valence-corrected chi connectivity index (χ1v) is 8.16. The predicted octanol–water partition coefficient (Wildman–Crippen LogP) is 3.33. The molecule has 0 fully saturated rings. The third kappa shape index (κ3) is 5.83. The highest BCUT2D eigenvalue weighted by molar-refractivity contribution is 5.77. The summed E-state index contributed by atoms with van der Waals surface area (Å²) in [6.45, 7) is 4.74. The zero-order chi connectivity index (χ0) is 18.2.